The Balaban J connectivity index is 2.36. The van der Waals surface area contributed by atoms with E-state index in [-0.39, 0.29) is 6.04 Å². The van der Waals surface area contributed by atoms with E-state index < -0.39 is 10.0 Å². The van der Waals surface area contributed by atoms with E-state index in [2.05, 4.69) is 4.72 Å². The Kier molecular flexibility index (Phi) is 3.17. The molecule has 4 heteroatoms. The van der Waals surface area contributed by atoms with Gasteiger partial charge in [0.2, 0.25) is 10.0 Å². The topological polar surface area (TPSA) is 46.2 Å². The van der Waals surface area contributed by atoms with Gasteiger partial charge in [0.1, 0.15) is 0 Å². The highest BCUT2D eigenvalue weighted by molar-refractivity contribution is 7.88. The standard InChI is InChI=1S/C13H15NO2S/c1-10(14-17(2,15)16)12-8-7-11-5-3-4-6-13(11)9-12/h3-10,14H,1-2H3/t10-/m0/s1. The quantitative estimate of drug-likeness (QED) is 0.908. The van der Waals surface area contributed by atoms with Gasteiger partial charge in [-0.25, -0.2) is 13.1 Å². The highest BCUT2D eigenvalue weighted by Gasteiger charge is 2.10. The van der Waals surface area contributed by atoms with Crippen molar-refractivity contribution in [3.63, 3.8) is 0 Å². The first-order valence-corrected chi connectivity index (χ1v) is 7.31. The fraction of sp³-hybridized carbons (Fsp3) is 0.231. The van der Waals surface area contributed by atoms with Crippen LogP contribution >= 0.6 is 0 Å². The van der Waals surface area contributed by atoms with Crippen LogP contribution in [0, 0.1) is 0 Å². The second-order valence-electron chi connectivity index (χ2n) is 4.22. The largest absolute Gasteiger partial charge is 0.213 e. The smallest absolute Gasteiger partial charge is 0.209 e. The van der Waals surface area contributed by atoms with Crippen molar-refractivity contribution in [3.8, 4) is 0 Å². The van der Waals surface area contributed by atoms with Gasteiger partial charge in [-0.2, -0.15) is 0 Å². The van der Waals surface area contributed by atoms with Crippen LogP contribution in [-0.2, 0) is 10.0 Å². The molecule has 1 N–H and O–H groups in total. The lowest BCUT2D eigenvalue weighted by Gasteiger charge is -2.13. The van der Waals surface area contributed by atoms with Gasteiger partial charge in [0.05, 0.1) is 6.26 Å². The number of nitrogens with one attached hydrogen (secondary N) is 1. The van der Waals surface area contributed by atoms with Crippen LogP contribution < -0.4 is 4.72 Å². The Bertz CT molecular complexity index is 635. The maximum atomic E-state index is 11.2. The van der Waals surface area contributed by atoms with Gasteiger partial charge in [0.25, 0.3) is 0 Å². The van der Waals surface area contributed by atoms with Crippen LogP contribution in [0.4, 0.5) is 0 Å². The van der Waals surface area contributed by atoms with E-state index in [0.29, 0.717) is 0 Å². The highest BCUT2D eigenvalue weighted by atomic mass is 32.2. The molecular formula is C13H15NO2S. The minimum Gasteiger partial charge on any atom is -0.213 e. The molecule has 0 amide bonds. The first-order chi connectivity index (χ1) is 7.96. The van der Waals surface area contributed by atoms with E-state index in [1.54, 1.807) is 0 Å². The van der Waals surface area contributed by atoms with Crippen LogP contribution in [0.2, 0.25) is 0 Å². The fourth-order valence-electron chi connectivity index (χ4n) is 1.87. The molecule has 0 unspecified atom stereocenters. The second kappa shape index (κ2) is 4.47. The van der Waals surface area contributed by atoms with Crippen LogP contribution in [0.5, 0.6) is 0 Å². The minimum absolute atomic E-state index is 0.213. The van der Waals surface area contributed by atoms with Crippen LogP contribution in [0.25, 0.3) is 10.8 Å². The third kappa shape index (κ3) is 3.05. The molecule has 0 aromatic heterocycles. The second-order valence-corrected chi connectivity index (χ2v) is 6.00. The summed E-state index contributed by atoms with van der Waals surface area (Å²) in [6.07, 6.45) is 1.17. The molecule has 0 saturated heterocycles. The molecule has 0 fully saturated rings. The maximum absolute atomic E-state index is 11.2. The van der Waals surface area contributed by atoms with E-state index in [1.165, 1.54) is 6.26 Å². The number of fused-ring (bicyclic) bond motifs is 1. The summed E-state index contributed by atoms with van der Waals surface area (Å²) in [6, 6.07) is 13.8. The van der Waals surface area contributed by atoms with E-state index in [4.69, 9.17) is 0 Å². The number of sulfonamides is 1. The van der Waals surface area contributed by atoms with Crippen molar-refractivity contribution in [3.05, 3.63) is 48.0 Å². The molecule has 0 radical (unpaired) electrons. The SMILES string of the molecule is C[C@H](NS(C)(=O)=O)c1ccc2ccccc2c1. The van der Waals surface area contributed by atoms with Gasteiger partial charge >= 0.3 is 0 Å². The van der Waals surface area contributed by atoms with Crippen LogP contribution in [0.1, 0.15) is 18.5 Å². The van der Waals surface area contributed by atoms with Crippen molar-refractivity contribution >= 4 is 20.8 Å². The predicted octanol–water partition coefficient (Wildman–Crippen LogP) is 2.45. The van der Waals surface area contributed by atoms with Crippen LogP contribution in [0.15, 0.2) is 42.5 Å². The van der Waals surface area contributed by atoms with Gasteiger partial charge in [0.15, 0.2) is 0 Å². The van der Waals surface area contributed by atoms with E-state index >= 15 is 0 Å². The molecule has 2 aromatic carbocycles. The zero-order chi connectivity index (χ0) is 12.5. The summed E-state index contributed by atoms with van der Waals surface area (Å²) >= 11 is 0. The predicted molar refractivity (Wildman–Crippen MR) is 70.3 cm³/mol. The zero-order valence-electron chi connectivity index (χ0n) is 9.84. The van der Waals surface area contributed by atoms with Crippen molar-refractivity contribution in [2.45, 2.75) is 13.0 Å². The Morgan fingerprint density at radius 3 is 2.35 bits per heavy atom. The maximum Gasteiger partial charge on any atom is 0.209 e. The monoisotopic (exact) mass is 249 g/mol. The van der Waals surface area contributed by atoms with Gasteiger partial charge in [-0.15, -0.1) is 0 Å². The first-order valence-electron chi connectivity index (χ1n) is 5.42. The first kappa shape index (κ1) is 12.1. The molecule has 3 nitrogen and oxygen atoms in total. The third-order valence-corrected chi connectivity index (χ3v) is 3.45. The van der Waals surface area contributed by atoms with Crippen molar-refractivity contribution in [2.24, 2.45) is 0 Å². The average molecular weight is 249 g/mol. The molecule has 0 aliphatic rings. The van der Waals surface area contributed by atoms with Crippen molar-refractivity contribution in [1.82, 2.24) is 4.72 Å². The lowest BCUT2D eigenvalue weighted by molar-refractivity contribution is 0.573. The Morgan fingerprint density at radius 1 is 1.06 bits per heavy atom. The molecule has 90 valence electrons. The van der Waals surface area contributed by atoms with E-state index in [9.17, 15) is 8.42 Å². The van der Waals surface area contributed by atoms with Gasteiger partial charge < -0.3 is 0 Å². The number of rotatable bonds is 3. The third-order valence-electron chi connectivity index (χ3n) is 2.66. The van der Waals surface area contributed by atoms with Crippen molar-refractivity contribution in [1.29, 1.82) is 0 Å². The summed E-state index contributed by atoms with van der Waals surface area (Å²) in [6.45, 7) is 1.84. The lowest BCUT2D eigenvalue weighted by Crippen LogP contribution is -2.25. The van der Waals surface area contributed by atoms with Gasteiger partial charge in [-0.3, -0.25) is 0 Å². The Morgan fingerprint density at radius 2 is 1.71 bits per heavy atom. The fourth-order valence-corrected chi connectivity index (χ4v) is 2.64. The van der Waals surface area contributed by atoms with E-state index in [1.807, 2.05) is 49.4 Å². The van der Waals surface area contributed by atoms with Crippen molar-refractivity contribution in [2.75, 3.05) is 6.26 Å². The summed E-state index contributed by atoms with van der Waals surface area (Å²) in [5.74, 6) is 0. The average Bonchev–Trinajstić information content (AvgIpc) is 2.26. The van der Waals surface area contributed by atoms with E-state index in [0.717, 1.165) is 16.3 Å². The molecule has 2 rings (SSSR count). The highest BCUT2D eigenvalue weighted by Crippen LogP contribution is 2.20. The zero-order valence-corrected chi connectivity index (χ0v) is 10.7. The molecule has 1 atom stereocenters. The lowest BCUT2D eigenvalue weighted by atomic mass is 10.0. The Labute approximate surface area is 102 Å². The molecule has 0 spiro atoms. The van der Waals surface area contributed by atoms with Crippen LogP contribution in [-0.4, -0.2) is 14.7 Å². The molecule has 2 aromatic rings. The minimum atomic E-state index is -3.17. The molecule has 0 aliphatic carbocycles. The van der Waals surface area contributed by atoms with Crippen molar-refractivity contribution < 1.29 is 8.42 Å². The summed E-state index contributed by atoms with van der Waals surface area (Å²) in [7, 11) is -3.17. The summed E-state index contributed by atoms with van der Waals surface area (Å²) in [4.78, 5) is 0. The number of benzene rings is 2. The normalized spacial score (nSPS) is 13.8. The molecule has 0 aliphatic heterocycles. The number of hydrogen-bond donors (Lipinski definition) is 1. The van der Waals surface area contributed by atoms with Gasteiger partial charge in [0, 0.05) is 6.04 Å². The Hall–Kier alpha value is -1.39. The summed E-state index contributed by atoms with van der Waals surface area (Å²) in [5.41, 5.74) is 0.967. The summed E-state index contributed by atoms with van der Waals surface area (Å²) in [5, 5.41) is 2.27. The summed E-state index contributed by atoms with van der Waals surface area (Å²) < 4.78 is 24.9. The number of hydrogen-bond acceptors (Lipinski definition) is 2. The molecule has 0 bridgehead atoms. The molecular weight excluding hydrogens is 234 g/mol. The molecule has 0 heterocycles. The molecule has 17 heavy (non-hydrogen) atoms. The van der Waals surface area contributed by atoms with Gasteiger partial charge in [-0.1, -0.05) is 36.4 Å². The van der Waals surface area contributed by atoms with Gasteiger partial charge in [-0.05, 0) is 29.3 Å². The van der Waals surface area contributed by atoms with Crippen LogP contribution in [0.3, 0.4) is 0 Å². The molecule has 0 saturated carbocycles.